The number of ether oxygens (including phenoxy) is 1. The van der Waals surface area contributed by atoms with Crippen molar-refractivity contribution < 1.29 is 9.13 Å². The molecule has 0 aliphatic carbocycles. The highest BCUT2D eigenvalue weighted by Crippen LogP contribution is 2.19. The van der Waals surface area contributed by atoms with Gasteiger partial charge in [0.25, 0.3) is 0 Å². The molecule has 0 aromatic carbocycles. The summed E-state index contributed by atoms with van der Waals surface area (Å²) in [5, 5.41) is 0. The van der Waals surface area contributed by atoms with E-state index in [1.165, 1.54) is 0 Å². The van der Waals surface area contributed by atoms with Crippen LogP contribution in [0.4, 0.5) is 4.39 Å². The quantitative estimate of drug-likeness (QED) is 0.601. The fourth-order valence-electron chi connectivity index (χ4n) is 0.858. The van der Waals surface area contributed by atoms with Crippen molar-refractivity contribution in [2.45, 2.75) is 12.6 Å². The zero-order valence-electron chi connectivity index (χ0n) is 5.35. The summed E-state index contributed by atoms with van der Waals surface area (Å²) in [7, 11) is 0. The lowest BCUT2D eigenvalue weighted by Gasteiger charge is -2.28. The van der Waals surface area contributed by atoms with Crippen LogP contribution in [0.1, 0.15) is 6.42 Å². The van der Waals surface area contributed by atoms with Gasteiger partial charge in [-0.15, -0.1) is 0 Å². The van der Waals surface area contributed by atoms with Crippen LogP contribution >= 0.6 is 0 Å². The average molecular weight is 133 g/mol. The second kappa shape index (κ2) is 3.13. The topological polar surface area (TPSA) is 35.2 Å². The summed E-state index contributed by atoms with van der Waals surface area (Å²) in [5.74, 6) is 0.133. The van der Waals surface area contributed by atoms with Gasteiger partial charge in [0.05, 0.1) is 13.2 Å². The minimum Gasteiger partial charge on any atom is -0.380 e. The maximum absolute atomic E-state index is 12.7. The minimum atomic E-state index is -0.733. The second-order valence-electron chi connectivity index (χ2n) is 2.39. The lowest BCUT2D eigenvalue weighted by atomic mass is 10.00. The van der Waals surface area contributed by atoms with Crippen LogP contribution in [0.2, 0.25) is 0 Å². The molecule has 0 saturated carbocycles. The Hall–Kier alpha value is -0.150. The number of hydrogen-bond donors (Lipinski definition) is 1. The third-order valence-corrected chi connectivity index (χ3v) is 1.62. The molecule has 0 aromatic rings. The Kier molecular flexibility index (Phi) is 2.42. The molecule has 0 radical (unpaired) electrons. The first kappa shape index (κ1) is 6.96. The summed E-state index contributed by atoms with van der Waals surface area (Å²) in [6.45, 7) is 1.61. The van der Waals surface area contributed by atoms with E-state index in [1.807, 2.05) is 0 Å². The molecule has 1 aliphatic heterocycles. The maximum Gasteiger partial charge on any atom is 0.109 e. The first-order chi connectivity index (χ1) is 4.34. The Bertz CT molecular complexity index is 85.1. The first-order valence-corrected chi connectivity index (χ1v) is 3.26. The maximum atomic E-state index is 12.7. The van der Waals surface area contributed by atoms with Crippen molar-refractivity contribution in [1.29, 1.82) is 0 Å². The van der Waals surface area contributed by atoms with Crippen LogP contribution in [0.15, 0.2) is 0 Å². The van der Waals surface area contributed by atoms with E-state index in [9.17, 15) is 4.39 Å². The number of alkyl halides is 1. The van der Waals surface area contributed by atoms with Gasteiger partial charge in [-0.1, -0.05) is 0 Å². The molecule has 0 spiro atoms. The van der Waals surface area contributed by atoms with Crippen LogP contribution in [-0.2, 0) is 4.74 Å². The fraction of sp³-hybridized carbons (Fsp3) is 1.00. The largest absolute Gasteiger partial charge is 0.380 e. The predicted molar refractivity (Wildman–Crippen MR) is 32.9 cm³/mol. The van der Waals surface area contributed by atoms with Crippen molar-refractivity contribution in [3.63, 3.8) is 0 Å². The molecule has 1 unspecified atom stereocenters. The van der Waals surface area contributed by atoms with E-state index in [2.05, 4.69) is 0 Å². The van der Waals surface area contributed by atoms with Gasteiger partial charge in [0.2, 0.25) is 0 Å². The molecule has 1 saturated heterocycles. The summed E-state index contributed by atoms with van der Waals surface area (Å²) >= 11 is 0. The normalized spacial score (nSPS) is 23.3. The van der Waals surface area contributed by atoms with E-state index in [0.29, 0.717) is 26.2 Å². The van der Waals surface area contributed by atoms with Gasteiger partial charge in [-0.05, 0) is 13.0 Å². The molecule has 3 heteroatoms. The summed E-state index contributed by atoms with van der Waals surface area (Å²) in [4.78, 5) is 0. The zero-order chi connectivity index (χ0) is 6.69. The van der Waals surface area contributed by atoms with E-state index in [0.717, 1.165) is 0 Å². The third kappa shape index (κ3) is 1.63. The molecule has 54 valence electrons. The van der Waals surface area contributed by atoms with Gasteiger partial charge < -0.3 is 10.5 Å². The van der Waals surface area contributed by atoms with E-state index in [1.54, 1.807) is 0 Å². The fourth-order valence-corrected chi connectivity index (χ4v) is 0.858. The molecule has 2 N–H and O–H groups in total. The Labute approximate surface area is 54.2 Å². The van der Waals surface area contributed by atoms with Gasteiger partial charge in [0, 0.05) is 5.92 Å². The Balaban J connectivity index is 2.08. The number of rotatable bonds is 3. The number of hydrogen-bond acceptors (Lipinski definition) is 2. The third-order valence-electron chi connectivity index (χ3n) is 1.62. The van der Waals surface area contributed by atoms with Gasteiger partial charge >= 0.3 is 0 Å². The van der Waals surface area contributed by atoms with E-state index < -0.39 is 6.17 Å². The molecule has 0 amide bonds. The zero-order valence-corrected chi connectivity index (χ0v) is 5.35. The van der Waals surface area contributed by atoms with Crippen LogP contribution in [0.3, 0.4) is 0 Å². The lowest BCUT2D eigenvalue weighted by Crippen LogP contribution is -2.36. The van der Waals surface area contributed by atoms with Gasteiger partial charge in [0.15, 0.2) is 0 Å². The molecule has 2 nitrogen and oxygen atoms in total. The molecule has 9 heavy (non-hydrogen) atoms. The highest BCUT2D eigenvalue weighted by Gasteiger charge is 2.27. The summed E-state index contributed by atoms with van der Waals surface area (Å²) < 4.78 is 17.5. The van der Waals surface area contributed by atoms with Gasteiger partial charge in [-0.25, -0.2) is 4.39 Å². The Morgan fingerprint density at radius 1 is 1.67 bits per heavy atom. The van der Waals surface area contributed by atoms with Gasteiger partial charge in [-0.2, -0.15) is 0 Å². The van der Waals surface area contributed by atoms with E-state index in [4.69, 9.17) is 10.5 Å². The molecule has 1 heterocycles. The Morgan fingerprint density at radius 2 is 2.33 bits per heavy atom. The van der Waals surface area contributed by atoms with Crippen LogP contribution in [0, 0.1) is 5.92 Å². The molecule has 1 aliphatic rings. The summed E-state index contributed by atoms with van der Waals surface area (Å²) in [6.07, 6.45) is -0.252. The number of nitrogens with two attached hydrogens (primary N) is 1. The summed E-state index contributed by atoms with van der Waals surface area (Å²) in [5.41, 5.74) is 5.17. The van der Waals surface area contributed by atoms with Crippen molar-refractivity contribution in [2.24, 2.45) is 11.7 Å². The molecular formula is C6H12FNO. The highest BCUT2D eigenvalue weighted by molar-refractivity contribution is 4.74. The van der Waals surface area contributed by atoms with Gasteiger partial charge in [0.1, 0.15) is 6.17 Å². The van der Waals surface area contributed by atoms with Crippen LogP contribution < -0.4 is 5.73 Å². The van der Waals surface area contributed by atoms with Crippen LogP contribution in [0.25, 0.3) is 0 Å². The number of halogens is 1. The molecule has 1 atom stereocenters. The van der Waals surface area contributed by atoms with Crippen molar-refractivity contribution >= 4 is 0 Å². The van der Waals surface area contributed by atoms with Crippen molar-refractivity contribution in [1.82, 2.24) is 0 Å². The van der Waals surface area contributed by atoms with Crippen molar-refractivity contribution in [3.05, 3.63) is 0 Å². The summed E-state index contributed by atoms with van der Waals surface area (Å²) in [6, 6.07) is 0. The van der Waals surface area contributed by atoms with E-state index >= 15 is 0 Å². The SMILES string of the molecule is NCCC(F)C1COC1. The Morgan fingerprint density at radius 3 is 2.67 bits per heavy atom. The van der Waals surface area contributed by atoms with Crippen molar-refractivity contribution in [2.75, 3.05) is 19.8 Å². The lowest BCUT2D eigenvalue weighted by molar-refractivity contribution is -0.0691. The van der Waals surface area contributed by atoms with Gasteiger partial charge in [-0.3, -0.25) is 0 Å². The smallest absolute Gasteiger partial charge is 0.109 e. The van der Waals surface area contributed by atoms with E-state index in [-0.39, 0.29) is 5.92 Å². The monoisotopic (exact) mass is 133 g/mol. The average Bonchev–Trinajstić information content (AvgIpc) is 1.60. The minimum absolute atomic E-state index is 0.133. The standard InChI is InChI=1S/C6H12FNO/c7-6(1-2-8)5-3-9-4-5/h5-6H,1-4,8H2. The molecule has 0 aromatic heterocycles. The second-order valence-corrected chi connectivity index (χ2v) is 2.39. The van der Waals surface area contributed by atoms with Crippen LogP contribution in [0.5, 0.6) is 0 Å². The van der Waals surface area contributed by atoms with Crippen molar-refractivity contribution in [3.8, 4) is 0 Å². The first-order valence-electron chi connectivity index (χ1n) is 3.26. The molecule has 0 bridgehead atoms. The molecule has 1 rings (SSSR count). The highest BCUT2D eigenvalue weighted by atomic mass is 19.1. The van der Waals surface area contributed by atoms with Crippen LogP contribution in [-0.4, -0.2) is 25.9 Å². The predicted octanol–water partition coefficient (Wildman–Crippen LogP) is 0.320. The molecule has 1 fully saturated rings. The molecular weight excluding hydrogens is 121 g/mol.